The molecule has 1 unspecified atom stereocenters. The van der Waals surface area contributed by atoms with E-state index in [1.165, 1.54) is 0 Å². The van der Waals surface area contributed by atoms with E-state index in [2.05, 4.69) is 10.4 Å². The van der Waals surface area contributed by atoms with Gasteiger partial charge in [-0.15, -0.1) is 0 Å². The van der Waals surface area contributed by atoms with Gasteiger partial charge in [0.05, 0.1) is 6.04 Å². The van der Waals surface area contributed by atoms with Crippen molar-refractivity contribution in [2.45, 2.75) is 19.4 Å². The highest BCUT2D eigenvalue weighted by atomic mass is 16.1. The second-order valence-electron chi connectivity index (χ2n) is 3.27. The molecule has 1 amide bonds. The Hall–Kier alpha value is -1.36. The van der Waals surface area contributed by atoms with Crippen LogP contribution in [0.25, 0.3) is 0 Å². The number of amides is 1. The van der Waals surface area contributed by atoms with Gasteiger partial charge in [-0.25, -0.2) is 0 Å². The normalized spacial score (nSPS) is 12.7. The minimum absolute atomic E-state index is 0.275. The van der Waals surface area contributed by atoms with Crippen LogP contribution in [0.1, 0.15) is 12.6 Å². The Balaban J connectivity index is 2.29. The molecule has 5 heteroatoms. The van der Waals surface area contributed by atoms with Gasteiger partial charge in [-0.2, -0.15) is 5.10 Å². The van der Waals surface area contributed by atoms with Crippen molar-refractivity contribution in [2.75, 3.05) is 6.54 Å². The lowest BCUT2D eigenvalue weighted by atomic mass is 10.2. The third kappa shape index (κ3) is 2.85. The number of aryl methyl sites for hydroxylation is 1. The Morgan fingerprint density at radius 1 is 1.79 bits per heavy atom. The van der Waals surface area contributed by atoms with E-state index in [0.717, 1.165) is 18.7 Å². The van der Waals surface area contributed by atoms with Crippen LogP contribution in [0.2, 0.25) is 0 Å². The molecule has 0 saturated carbocycles. The number of hydrogen-bond donors (Lipinski definition) is 2. The van der Waals surface area contributed by atoms with Crippen molar-refractivity contribution in [3.8, 4) is 0 Å². The molecule has 0 bridgehead atoms. The number of nitrogens with one attached hydrogen (secondary N) is 1. The summed E-state index contributed by atoms with van der Waals surface area (Å²) >= 11 is 0. The zero-order chi connectivity index (χ0) is 10.6. The molecule has 0 spiro atoms. The lowest BCUT2D eigenvalue weighted by Crippen LogP contribution is -2.39. The zero-order valence-corrected chi connectivity index (χ0v) is 8.53. The van der Waals surface area contributed by atoms with Crippen LogP contribution < -0.4 is 11.1 Å². The summed E-state index contributed by atoms with van der Waals surface area (Å²) in [5, 5.41) is 7.08. The Kier molecular flexibility index (Phi) is 3.64. The van der Waals surface area contributed by atoms with Crippen LogP contribution in [-0.4, -0.2) is 28.3 Å². The fourth-order valence-corrected chi connectivity index (χ4v) is 1.16. The summed E-state index contributed by atoms with van der Waals surface area (Å²) < 4.78 is 1.82. The Labute approximate surface area is 83.3 Å². The average molecular weight is 196 g/mol. The average Bonchev–Trinajstić information content (AvgIpc) is 2.51. The number of carbonyl (C=O) groups is 1. The third-order valence-electron chi connectivity index (χ3n) is 2.18. The molecular formula is C9H16N4O. The first-order chi connectivity index (χ1) is 6.61. The SMILES string of the molecule is CC(NCCc1ccnn1C)C(N)=O. The summed E-state index contributed by atoms with van der Waals surface area (Å²) in [6.07, 6.45) is 2.60. The second kappa shape index (κ2) is 4.76. The Morgan fingerprint density at radius 2 is 2.50 bits per heavy atom. The molecule has 3 N–H and O–H groups in total. The Bertz CT molecular complexity index is 308. The molecule has 1 atom stereocenters. The van der Waals surface area contributed by atoms with Crippen LogP contribution >= 0.6 is 0 Å². The molecule has 1 aromatic rings. The molecule has 0 fully saturated rings. The molecule has 0 aliphatic heterocycles. The van der Waals surface area contributed by atoms with Gasteiger partial charge in [0.1, 0.15) is 0 Å². The maximum atomic E-state index is 10.7. The van der Waals surface area contributed by atoms with Crippen molar-refractivity contribution in [1.29, 1.82) is 0 Å². The third-order valence-corrected chi connectivity index (χ3v) is 2.18. The molecule has 5 nitrogen and oxygen atoms in total. The van der Waals surface area contributed by atoms with Crippen LogP contribution in [-0.2, 0) is 18.3 Å². The highest BCUT2D eigenvalue weighted by Crippen LogP contribution is 1.96. The van der Waals surface area contributed by atoms with Crippen LogP contribution in [0.4, 0.5) is 0 Å². The van der Waals surface area contributed by atoms with Crippen LogP contribution in [0.5, 0.6) is 0 Å². The number of aromatic nitrogens is 2. The molecule has 1 rings (SSSR count). The topological polar surface area (TPSA) is 72.9 Å². The van der Waals surface area contributed by atoms with E-state index in [1.54, 1.807) is 13.1 Å². The molecule has 78 valence electrons. The van der Waals surface area contributed by atoms with Crippen molar-refractivity contribution in [3.05, 3.63) is 18.0 Å². The van der Waals surface area contributed by atoms with Gasteiger partial charge in [0.2, 0.25) is 5.91 Å². The van der Waals surface area contributed by atoms with Gasteiger partial charge in [0.15, 0.2) is 0 Å². The predicted molar refractivity (Wildman–Crippen MR) is 53.6 cm³/mol. The summed E-state index contributed by atoms with van der Waals surface area (Å²) in [5.41, 5.74) is 6.24. The highest BCUT2D eigenvalue weighted by molar-refractivity contribution is 5.79. The number of hydrogen-bond acceptors (Lipinski definition) is 3. The minimum Gasteiger partial charge on any atom is -0.368 e. The second-order valence-corrected chi connectivity index (χ2v) is 3.27. The van der Waals surface area contributed by atoms with E-state index in [1.807, 2.05) is 17.8 Å². The van der Waals surface area contributed by atoms with Crippen LogP contribution in [0, 0.1) is 0 Å². The maximum absolute atomic E-state index is 10.7. The number of rotatable bonds is 5. The van der Waals surface area contributed by atoms with E-state index < -0.39 is 0 Å². The summed E-state index contributed by atoms with van der Waals surface area (Å²) in [5.74, 6) is -0.324. The molecule has 0 aromatic carbocycles. The molecule has 0 aliphatic carbocycles. The van der Waals surface area contributed by atoms with Gasteiger partial charge in [-0.1, -0.05) is 0 Å². The number of nitrogens with two attached hydrogens (primary N) is 1. The fraction of sp³-hybridized carbons (Fsp3) is 0.556. The van der Waals surface area contributed by atoms with Gasteiger partial charge in [-0.3, -0.25) is 9.48 Å². The number of nitrogens with zero attached hydrogens (tertiary/aromatic N) is 2. The highest BCUT2D eigenvalue weighted by Gasteiger charge is 2.06. The van der Waals surface area contributed by atoms with Crippen molar-refractivity contribution in [1.82, 2.24) is 15.1 Å². The summed E-state index contributed by atoms with van der Waals surface area (Å²) in [7, 11) is 1.90. The Morgan fingerprint density at radius 3 is 3.00 bits per heavy atom. The van der Waals surface area contributed by atoms with E-state index in [-0.39, 0.29) is 11.9 Å². The predicted octanol–water partition coefficient (Wildman–Crippen LogP) is -0.574. The van der Waals surface area contributed by atoms with Gasteiger partial charge in [0.25, 0.3) is 0 Å². The molecule has 0 radical (unpaired) electrons. The maximum Gasteiger partial charge on any atom is 0.234 e. The first kappa shape index (κ1) is 10.7. The molecule has 0 saturated heterocycles. The number of primary amides is 1. The quantitative estimate of drug-likeness (QED) is 0.662. The van der Waals surface area contributed by atoms with Gasteiger partial charge in [0, 0.05) is 31.9 Å². The van der Waals surface area contributed by atoms with E-state index in [9.17, 15) is 4.79 Å². The van der Waals surface area contributed by atoms with Crippen molar-refractivity contribution >= 4 is 5.91 Å². The minimum atomic E-state index is -0.324. The van der Waals surface area contributed by atoms with Gasteiger partial charge in [-0.05, 0) is 13.0 Å². The summed E-state index contributed by atoms with van der Waals surface area (Å²) in [4.78, 5) is 10.7. The fourth-order valence-electron chi connectivity index (χ4n) is 1.16. The monoisotopic (exact) mass is 196 g/mol. The molecular weight excluding hydrogens is 180 g/mol. The molecule has 14 heavy (non-hydrogen) atoms. The molecule has 0 aliphatic rings. The van der Waals surface area contributed by atoms with E-state index in [0.29, 0.717) is 0 Å². The van der Waals surface area contributed by atoms with Crippen molar-refractivity contribution < 1.29 is 4.79 Å². The van der Waals surface area contributed by atoms with Crippen molar-refractivity contribution in [3.63, 3.8) is 0 Å². The number of carbonyl (C=O) groups excluding carboxylic acids is 1. The van der Waals surface area contributed by atoms with E-state index in [4.69, 9.17) is 5.73 Å². The lowest BCUT2D eigenvalue weighted by Gasteiger charge is -2.09. The lowest BCUT2D eigenvalue weighted by molar-refractivity contribution is -0.119. The molecule has 1 heterocycles. The van der Waals surface area contributed by atoms with Crippen LogP contribution in [0.15, 0.2) is 12.3 Å². The smallest absolute Gasteiger partial charge is 0.234 e. The van der Waals surface area contributed by atoms with Gasteiger partial charge < -0.3 is 11.1 Å². The van der Waals surface area contributed by atoms with Gasteiger partial charge >= 0.3 is 0 Å². The summed E-state index contributed by atoms with van der Waals surface area (Å²) in [6.45, 7) is 2.48. The first-order valence-corrected chi connectivity index (χ1v) is 4.61. The van der Waals surface area contributed by atoms with Crippen LogP contribution in [0.3, 0.4) is 0 Å². The first-order valence-electron chi connectivity index (χ1n) is 4.61. The molecule has 1 aromatic heterocycles. The largest absolute Gasteiger partial charge is 0.368 e. The standard InChI is InChI=1S/C9H16N4O/c1-7(9(10)14)11-5-3-8-4-6-12-13(8)2/h4,6-7,11H,3,5H2,1-2H3,(H2,10,14). The van der Waals surface area contributed by atoms with E-state index >= 15 is 0 Å². The zero-order valence-electron chi connectivity index (χ0n) is 8.53. The summed E-state index contributed by atoms with van der Waals surface area (Å²) in [6, 6.07) is 1.68. The van der Waals surface area contributed by atoms with Crippen molar-refractivity contribution in [2.24, 2.45) is 12.8 Å².